The maximum absolute atomic E-state index is 11.9. The molecular weight excluding hydrogens is 238 g/mol. The van der Waals surface area contributed by atoms with Crippen molar-refractivity contribution in [1.82, 2.24) is 9.03 Å². The monoisotopic (exact) mass is 263 g/mol. The van der Waals surface area contributed by atoms with Gasteiger partial charge < -0.3 is 5.73 Å². The first-order chi connectivity index (χ1) is 8.06. The third kappa shape index (κ3) is 5.33. The minimum Gasteiger partial charge on any atom is -0.330 e. The first-order valence-corrected chi connectivity index (χ1v) is 7.95. The van der Waals surface area contributed by atoms with Gasteiger partial charge in [0, 0.05) is 19.6 Å². The van der Waals surface area contributed by atoms with E-state index >= 15 is 0 Å². The van der Waals surface area contributed by atoms with Crippen LogP contribution in [0.25, 0.3) is 0 Å². The number of unbranched alkanes of at least 4 members (excludes halogenated alkanes) is 2. The first-order valence-electron chi connectivity index (χ1n) is 6.51. The summed E-state index contributed by atoms with van der Waals surface area (Å²) in [4.78, 5) is 0. The van der Waals surface area contributed by atoms with Crippen LogP contribution in [0, 0.1) is 5.92 Å². The minimum absolute atomic E-state index is 0.522. The predicted octanol–water partition coefficient (Wildman–Crippen LogP) is 0.682. The third-order valence-corrected chi connectivity index (χ3v) is 4.86. The Morgan fingerprint density at radius 1 is 1.24 bits per heavy atom. The molecule has 1 fully saturated rings. The molecule has 1 heterocycles. The molecule has 0 spiro atoms. The van der Waals surface area contributed by atoms with Gasteiger partial charge in [0.25, 0.3) is 10.2 Å². The number of hydrogen-bond acceptors (Lipinski definition) is 3. The predicted molar refractivity (Wildman–Crippen MR) is 69.8 cm³/mol. The SMILES string of the molecule is CC1CCN(S(=O)(=O)NCCCCCN)CC1. The molecule has 102 valence electrons. The first kappa shape index (κ1) is 14.9. The van der Waals surface area contributed by atoms with E-state index in [4.69, 9.17) is 5.73 Å². The van der Waals surface area contributed by atoms with E-state index < -0.39 is 10.2 Å². The maximum atomic E-state index is 11.9. The van der Waals surface area contributed by atoms with Crippen molar-refractivity contribution < 1.29 is 8.42 Å². The molecule has 0 saturated carbocycles. The molecule has 1 saturated heterocycles. The lowest BCUT2D eigenvalue weighted by Crippen LogP contribution is -2.44. The summed E-state index contributed by atoms with van der Waals surface area (Å²) >= 11 is 0. The molecule has 0 radical (unpaired) electrons. The Morgan fingerprint density at radius 3 is 2.47 bits per heavy atom. The normalized spacial score (nSPS) is 19.6. The second-order valence-corrected chi connectivity index (χ2v) is 6.59. The van der Waals surface area contributed by atoms with Crippen molar-refractivity contribution in [3.05, 3.63) is 0 Å². The van der Waals surface area contributed by atoms with Gasteiger partial charge in [0.05, 0.1) is 0 Å². The van der Waals surface area contributed by atoms with Gasteiger partial charge >= 0.3 is 0 Å². The molecule has 6 heteroatoms. The molecule has 1 aliphatic heterocycles. The number of piperidine rings is 1. The highest BCUT2D eigenvalue weighted by molar-refractivity contribution is 7.87. The molecule has 0 aromatic carbocycles. The molecular formula is C11H25N3O2S. The highest BCUT2D eigenvalue weighted by Gasteiger charge is 2.25. The molecule has 1 aliphatic rings. The van der Waals surface area contributed by atoms with E-state index in [-0.39, 0.29) is 0 Å². The molecule has 3 N–H and O–H groups in total. The van der Waals surface area contributed by atoms with Crippen molar-refractivity contribution >= 4 is 10.2 Å². The van der Waals surface area contributed by atoms with Gasteiger partial charge in [-0.15, -0.1) is 0 Å². The van der Waals surface area contributed by atoms with Gasteiger partial charge in [-0.05, 0) is 38.1 Å². The van der Waals surface area contributed by atoms with Gasteiger partial charge in [-0.3, -0.25) is 0 Å². The zero-order valence-electron chi connectivity index (χ0n) is 10.7. The number of nitrogens with zero attached hydrogens (tertiary/aromatic N) is 1. The van der Waals surface area contributed by atoms with Gasteiger partial charge in [0.2, 0.25) is 0 Å². The van der Waals surface area contributed by atoms with Crippen LogP contribution >= 0.6 is 0 Å². The van der Waals surface area contributed by atoms with Crippen molar-refractivity contribution in [2.24, 2.45) is 11.7 Å². The quantitative estimate of drug-likeness (QED) is 0.663. The van der Waals surface area contributed by atoms with Crippen LogP contribution in [0.3, 0.4) is 0 Å². The van der Waals surface area contributed by atoms with Crippen LogP contribution in [-0.4, -0.2) is 38.9 Å². The third-order valence-electron chi connectivity index (χ3n) is 3.25. The highest BCUT2D eigenvalue weighted by atomic mass is 32.2. The van der Waals surface area contributed by atoms with E-state index in [0.29, 0.717) is 32.1 Å². The van der Waals surface area contributed by atoms with Gasteiger partial charge in [-0.25, -0.2) is 4.72 Å². The molecule has 0 atom stereocenters. The summed E-state index contributed by atoms with van der Waals surface area (Å²) in [6.07, 6.45) is 4.74. The Kier molecular flexibility index (Phi) is 6.40. The molecule has 0 unspecified atom stereocenters. The van der Waals surface area contributed by atoms with E-state index in [1.807, 2.05) is 0 Å². The largest absolute Gasteiger partial charge is 0.330 e. The Bertz CT molecular complexity index is 298. The van der Waals surface area contributed by atoms with E-state index in [2.05, 4.69) is 11.6 Å². The van der Waals surface area contributed by atoms with Crippen molar-refractivity contribution in [2.45, 2.75) is 39.0 Å². The molecule has 5 nitrogen and oxygen atoms in total. The lowest BCUT2D eigenvalue weighted by atomic mass is 10.0. The Balaban J connectivity index is 2.25. The lowest BCUT2D eigenvalue weighted by molar-refractivity contribution is 0.285. The standard InChI is InChI=1S/C11H25N3O2S/c1-11-5-9-14(10-6-11)17(15,16)13-8-4-2-3-7-12/h11,13H,2-10,12H2,1H3. The Hall–Kier alpha value is -0.170. The Morgan fingerprint density at radius 2 is 1.88 bits per heavy atom. The highest BCUT2D eigenvalue weighted by Crippen LogP contribution is 2.17. The molecule has 0 aromatic heterocycles. The fraction of sp³-hybridized carbons (Fsp3) is 1.00. The molecule has 0 aliphatic carbocycles. The van der Waals surface area contributed by atoms with E-state index in [1.54, 1.807) is 4.31 Å². The van der Waals surface area contributed by atoms with Crippen LogP contribution in [0.4, 0.5) is 0 Å². The second-order valence-electron chi connectivity index (χ2n) is 4.83. The van der Waals surface area contributed by atoms with Crippen LogP contribution in [-0.2, 0) is 10.2 Å². The number of nitrogens with one attached hydrogen (secondary N) is 1. The van der Waals surface area contributed by atoms with Gasteiger partial charge in [0.15, 0.2) is 0 Å². The van der Waals surface area contributed by atoms with Crippen LogP contribution < -0.4 is 10.5 Å². The van der Waals surface area contributed by atoms with Crippen molar-refractivity contribution in [3.8, 4) is 0 Å². The van der Waals surface area contributed by atoms with E-state index in [0.717, 1.165) is 32.1 Å². The van der Waals surface area contributed by atoms with E-state index in [1.165, 1.54) is 0 Å². The van der Waals surface area contributed by atoms with Crippen LogP contribution in [0.15, 0.2) is 0 Å². The molecule has 1 rings (SSSR count). The fourth-order valence-corrected chi connectivity index (χ4v) is 3.24. The zero-order chi connectivity index (χ0) is 12.7. The number of hydrogen-bond donors (Lipinski definition) is 2. The summed E-state index contributed by atoms with van der Waals surface area (Å²) < 4.78 is 28.1. The van der Waals surface area contributed by atoms with Crippen LogP contribution in [0.5, 0.6) is 0 Å². The topological polar surface area (TPSA) is 75.4 Å². The molecule has 17 heavy (non-hydrogen) atoms. The Labute approximate surface area is 105 Å². The van der Waals surface area contributed by atoms with Gasteiger partial charge in [-0.1, -0.05) is 13.3 Å². The maximum Gasteiger partial charge on any atom is 0.279 e. The smallest absolute Gasteiger partial charge is 0.279 e. The fourth-order valence-electron chi connectivity index (χ4n) is 1.96. The average molecular weight is 263 g/mol. The average Bonchev–Trinajstić information content (AvgIpc) is 2.29. The number of rotatable bonds is 7. The van der Waals surface area contributed by atoms with Crippen molar-refractivity contribution in [2.75, 3.05) is 26.2 Å². The summed E-state index contributed by atoms with van der Waals surface area (Å²) in [5, 5.41) is 0. The summed E-state index contributed by atoms with van der Waals surface area (Å²) in [6.45, 7) is 4.67. The van der Waals surface area contributed by atoms with Crippen molar-refractivity contribution in [1.29, 1.82) is 0 Å². The zero-order valence-corrected chi connectivity index (χ0v) is 11.5. The summed E-state index contributed by atoms with van der Waals surface area (Å²) in [5.41, 5.74) is 5.38. The molecule has 0 amide bonds. The second kappa shape index (κ2) is 7.31. The van der Waals surface area contributed by atoms with Crippen LogP contribution in [0.1, 0.15) is 39.0 Å². The van der Waals surface area contributed by atoms with Gasteiger partial charge in [0.1, 0.15) is 0 Å². The summed E-state index contributed by atoms with van der Waals surface area (Å²) in [7, 11) is -3.24. The molecule has 0 bridgehead atoms. The van der Waals surface area contributed by atoms with Gasteiger partial charge in [-0.2, -0.15) is 12.7 Å². The van der Waals surface area contributed by atoms with Crippen LogP contribution in [0.2, 0.25) is 0 Å². The molecule has 0 aromatic rings. The minimum atomic E-state index is -3.24. The summed E-state index contributed by atoms with van der Waals surface area (Å²) in [6, 6.07) is 0. The summed E-state index contributed by atoms with van der Waals surface area (Å²) in [5.74, 6) is 0.644. The van der Waals surface area contributed by atoms with Crippen molar-refractivity contribution in [3.63, 3.8) is 0 Å². The van der Waals surface area contributed by atoms with E-state index in [9.17, 15) is 8.42 Å². The lowest BCUT2D eigenvalue weighted by Gasteiger charge is -2.29. The number of nitrogens with two attached hydrogens (primary N) is 1.